The van der Waals surface area contributed by atoms with Crippen molar-refractivity contribution < 1.29 is 4.92 Å². The molecule has 24 heavy (non-hydrogen) atoms. The van der Waals surface area contributed by atoms with Crippen LogP contribution in [0.4, 0.5) is 22.5 Å². The summed E-state index contributed by atoms with van der Waals surface area (Å²) in [5.41, 5.74) is 0.772. The van der Waals surface area contributed by atoms with Gasteiger partial charge in [-0.15, -0.1) is 11.3 Å². The van der Waals surface area contributed by atoms with Gasteiger partial charge in [-0.05, 0) is 26.7 Å². The normalized spacial score (nSPS) is 15.2. The highest BCUT2D eigenvalue weighted by molar-refractivity contribution is 7.15. The maximum absolute atomic E-state index is 11.6. The van der Waals surface area contributed by atoms with Gasteiger partial charge in [0.15, 0.2) is 5.13 Å². The number of hydrogen-bond acceptors (Lipinski definition) is 8. The van der Waals surface area contributed by atoms with E-state index in [1.54, 1.807) is 0 Å². The fourth-order valence-electron chi connectivity index (χ4n) is 2.82. The molecular weight excluding hydrogens is 328 g/mol. The van der Waals surface area contributed by atoms with Crippen LogP contribution >= 0.6 is 11.3 Å². The van der Waals surface area contributed by atoms with Crippen LogP contribution in [0.3, 0.4) is 0 Å². The molecule has 1 aliphatic carbocycles. The molecule has 1 fully saturated rings. The molecule has 8 nitrogen and oxygen atoms in total. The smallest absolute Gasteiger partial charge is 0.353 e. The summed E-state index contributed by atoms with van der Waals surface area (Å²) in [4.78, 5) is 24.7. The Balaban J connectivity index is 1.88. The van der Waals surface area contributed by atoms with E-state index in [0.29, 0.717) is 5.13 Å². The Morgan fingerprint density at radius 3 is 2.54 bits per heavy atom. The molecule has 9 heteroatoms. The van der Waals surface area contributed by atoms with Crippen LogP contribution in [-0.2, 0) is 0 Å². The van der Waals surface area contributed by atoms with Crippen LogP contribution in [0.2, 0.25) is 0 Å². The van der Waals surface area contributed by atoms with Crippen molar-refractivity contribution in [2.45, 2.75) is 52.0 Å². The van der Waals surface area contributed by atoms with E-state index in [4.69, 9.17) is 0 Å². The molecule has 0 radical (unpaired) electrons. The molecule has 2 aromatic rings. The van der Waals surface area contributed by atoms with Gasteiger partial charge in [0.05, 0.1) is 10.6 Å². The maximum atomic E-state index is 11.6. The fraction of sp³-hybridized carbons (Fsp3) is 0.533. The molecule has 2 N–H and O–H groups in total. The minimum Gasteiger partial charge on any atom is -0.361 e. The molecule has 0 aromatic carbocycles. The summed E-state index contributed by atoms with van der Waals surface area (Å²) in [5, 5.41) is 18.4. The van der Waals surface area contributed by atoms with Crippen molar-refractivity contribution >= 4 is 33.8 Å². The third kappa shape index (κ3) is 3.61. The molecule has 2 aromatic heterocycles. The first-order chi connectivity index (χ1) is 11.5. The zero-order chi connectivity index (χ0) is 17.1. The summed E-state index contributed by atoms with van der Waals surface area (Å²) < 4.78 is 0. The summed E-state index contributed by atoms with van der Waals surface area (Å²) in [6.07, 6.45) is 6.86. The minimum absolute atomic E-state index is 0.131. The Kier molecular flexibility index (Phi) is 4.89. The van der Waals surface area contributed by atoms with Gasteiger partial charge in [-0.3, -0.25) is 10.1 Å². The van der Waals surface area contributed by atoms with Crippen LogP contribution in [0.25, 0.3) is 0 Å². The molecule has 0 unspecified atom stereocenters. The molecule has 128 valence electrons. The van der Waals surface area contributed by atoms with Crippen LogP contribution in [-0.4, -0.2) is 25.9 Å². The molecule has 0 atom stereocenters. The highest BCUT2D eigenvalue weighted by atomic mass is 32.1. The predicted molar refractivity (Wildman–Crippen MR) is 94.1 cm³/mol. The van der Waals surface area contributed by atoms with E-state index in [2.05, 4.69) is 25.6 Å². The highest BCUT2D eigenvalue weighted by Gasteiger charge is 2.26. The van der Waals surface area contributed by atoms with E-state index in [1.807, 2.05) is 13.8 Å². The van der Waals surface area contributed by atoms with Gasteiger partial charge in [-0.25, -0.2) is 15.0 Å². The Morgan fingerprint density at radius 1 is 1.21 bits per heavy atom. The summed E-state index contributed by atoms with van der Waals surface area (Å²) in [7, 11) is 0. The monoisotopic (exact) mass is 348 g/mol. The lowest BCUT2D eigenvalue weighted by Crippen LogP contribution is -2.23. The van der Waals surface area contributed by atoms with Gasteiger partial charge in [-0.1, -0.05) is 19.3 Å². The quantitative estimate of drug-likeness (QED) is 0.622. The lowest BCUT2D eigenvalue weighted by atomic mass is 9.95. The van der Waals surface area contributed by atoms with Gasteiger partial charge in [0.2, 0.25) is 11.6 Å². The lowest BCUT2D eigenvalue weighted by Gasteiger charge is -2.23. The average Bonchev–Trinajstić information content (AvgIpc) is 2.86. The Morgan fingerprint density at radius 2 is 1.92 bits per heavy atom. The Hall–Kier alpha value is -2.29. The molecular formula is C15H20N6O2S. The lowest BCUT2D eigenvalue weighted by molar-refractivity contribution is -0.383. The number of nitrogens with zero attached hydrogens (tertiary/aromatic N) is 4. The van der Waals surface area contributed by atoms with Crippen LogP contribution in [0, 0.1) is 24.0 Å². The largest absolute Gasteiger partial charge is 0.361 e. The molecule has 1 aliphatic rings. The van der Waals surface area contributed by atoms with Gasteiger partial charge in [0.1, 0.15) is 6.33 Å². The van der Waals surface area contributed by atoms with Gasteiger partial charge in [-0.2, -0.15) is 0 Å². The first kappa shape index (κ1) is 16.6. The number of rotatable bonds is 5. The molecule has 0 spiro atoms. The third-order valence-corrected chi connectivity index (χ3v) is 5.19. The SMILES string of the molecule is Cc1nc(Nc2ncnc(NC3CCCCC3)c2[N+](=O)[O-])sc1C. The number of nitrogens with one attached hydrogen (secondary N) is 2. The Labute approximate surface area is 143 Å². The molecule has 0 saturated heterocycles. The second-order valence-corrected chi connectivity index (χ2v) is 7.14. The van der Waals surface area contributed by atoms with Crippen molar-refractivity contribution in [1.82, 2.24) is 15.0 Å². The van der Waals surface area contributed by atoms with E-state index in [0.717, 1.165) is 36.3 Å². The van der Waals surface area contributed by atoms with Gasteiger partial charge >= 0.3 is 5.69 Å². The molecule has 3 rings (SSSR count). The maximum Gasteiger partial charge on any atom is 0.353 e. The van der Waals surface area contributed by atoms with E-state index in [9.17, 15) is 10.1 Å². The Bertz CT molecular complexity index is 722. The van der Waals surface area contributed by atoms with E-state index in [1.165, 1.54) is 24.1 Å². The van der Waals surface area contributed by atoms with Crippen molar-refractivity contribution in [1.29, 1.82) is 0 Å². The highest BCUT2D eigenvalue weighted by Crippen LogP contribution is 2.34. The van der Waals surface area contributed by atoms with Crippen molar-refractivity contribution in [3.63, 3.8) is 0 Å². The van der Waals surface area contributed by atoms with E-state index >= 15 is 0 Å². The summed E-state index contributed by atoms with van der Waals surface area (Å²) in [6, 6.07) is 0.226. The number of nitro groups is 1. The topological polar surface area (TPSA) is 106 Å². The van der Waals surface area contributed by atoms with Crippen LogP contribution in [0.15, 0.2) is 6.33 Å². The number of aryl methyl sites for hydroxylation is 2. The second-order valence-electron chi connectivity index (χ2n) is 5.94. The van der Waals surface area contributed by atoms with Crippen LogP contribution in [0.1, 0.15) is 42.7 Å². The van der Waals surface area contributed by atoms with E-state index in [-0.39, 0.29) is 23.4 Å². The zero-order valence-electron chi connectivity index (χ0n) is 13.7. The first-order valence-electron chi connectivity index (χ1n) is 8.01. The van der Waals surface area contributed by atoms with Gasteiger partial charge in [0, 0.05) is 10.9 Å². The van der Waals surface area contributed by atoms with Crippen molar-refractivity contribution in [2.24, 2.45) is 0 Å². The van der Waals surface area contributed by atoms with Crippen LogP contribution in [0.5, 0.6) is 0 Å². The van der Waals surface area contributed by atoms with E-state index < -0.39 is 4.92 Å². The molecule has 1 saturated carbocycles. The standard InChI is InChI=1S/C15H20N6O2S/c1-9-10(2)24-15(18-9)20-14-12(21(22)23)13(16-8-17-14)19-11-6-4-3-5-7-11/h8,11H,3-7H2,1-2H3,(H2,16,17,18,19,20). The van der Waals surface area contributed by atoms with Crippen molar-refractivity contribution in [3.8, 4) is 0 Å². The number of anilines is 3. The van der Waals surface area contributed by atoms with Gasteiger partial charge < -0.3 is 10.6 Å². The van der Waals surface area contributed by atoms with Crippen molar-refractivity contribution in [2.75, 3.05) is 10.6 Å². The summed E-state index contributed by atoms with van der Waals surface area (Å²) in [6.45, 7) is 3.87. The number of aromatic nitrogens is 3. The van der Waals surface area contributed by atoms with Crippen LogP contribution < -0.4 is 10.6 Å². The predicted octanol–water partition coefficient (Wildman–Crippen LogP) is 3.95. The molecule has 0 bridgehead atoms. The zero-order valence-corrected chi connectivity index (χ0v) is 14.5. The molecule has 0 aliphatic heterocycles. The molecule has 0 amide bonds. The third-order valence-electron chi connectivity index (χ3n) is 4.20. The first-order valence-corrected chi connectivity index (χ1v) is 8.83. The van der Waals surface area contributed by atoms with Gasteiger partial charge in [0.25, 0.3) is 0 Å². The number of hydrogen-bond donors (Lipinski definition) is 2. The number of thiazole rings is 1. The summed E-state index contributed by atoms with van der Waals surface area (Å²) >= 11 is 1.45. The van der Waals surface area contributed by atoms with Crippen molar-refractivity contribution in [3.05, 3.63) is 27.0 Å². The molecule has 2 heterocycles. The minimum atomic E-state index is -0.444. The summed E-state index contributed by atoms with van der Waals surface area (Å²) in [5.74, 6) is 0.441. The average molecular weight is 348 g/mol. The fourth-order valence-corrected chi connectivity index (χ4v) is 3.63. The second kappa shape index (κ2) is 7.08.